The molecule has 0 saturated carbocycles. The Morgan fingerprint density at radius 2 is 1.06 bits per heavy atom. The number of ether oxygens (including phenoxy) is 4. The highest BCUT2D eigenvalue weighted by Crippen LogP contribution is 2.49. The average Bonchev–Trinajstić information content (AvgIpc) is 3.36. The largest absolute Gasteiger partial charge is 0.497 e. The van der Waals surface area contributed by atoms with E-state index in [1.807, 2.05) is 85.2 Å². The minimum Gasteiger partial charge on any atom is -0.497 e. The number of carbonyl (C=O) groups excluding carboxylic acids is 2. The number of pyridine rings is 2. The smallest absolute Gasteiger partial charge is 0.198 e. The van der Waals surface area contributed by atoms with E-state index in [1.54, 1.807) is 26.4 Å². The molecule has 13 rings (SSSR count). The fourth-order valence-electron chi connectivity index (χ4n) is 12.3. The van der Waals surface area contributed by atoms with Crippen LogP contribution >= 0.6 is 0 Å². The Hall–Kier alpha value is -5.84. The molecule has 10 nitrogen and oxygen atoms in total. The van der Waals surface area contributed by atoms with Crippen molar-refractivity contribution in [3.05, 3.63) is 131 Å². The van der Waals surface area contributed by atoms with Crippen LogP contribution in [-0.2, 0) is 0 Å². The summed E-state index contributed by atoms with van der Waals surface area (Å²) in [7, 11) is 3.35. The van der Waals surface area contributed by atoms with Crippen LogP contribution < -0.4 is 18.9 Å². The minimum absolute atomic E-state index is 0.0377. The highest BCUT2D eigenvalue weighted by molar-refractivity contribution is 6.30. The molecule has 10 heteroatoms. The molecule has 6 saturated heterocycles. The lowest BCUT2D eigenvalue weighted by atomic mass is 9.72. The lowest BCUT2D eigenvalue weighted by molar-refractivity contribution is -0.0493. The van der Waals surface area contributed by atoms with Gasteiger partial charge in [-0.2, -0.15) is 0 Å². The number of hydrogen-bond acceptors (Lipinski definition) is 10. The zero-order chi connectivity index (χ0) is 43.6. The van der Waals surface area contributed by atoms with Crippen LogP contribution in [0.4, 0.5) is 0 Å². The van der Waals surface area contributed by atoms with Crippen LogP contribution in [0.15, 0.2) is 97.3 Å². The van der Waals surface area contributed by atoms with Gasteiger partial charge in [-0.15, -0.1) is 0 Å². The Labute approximate surface area is 374 Å². The van der Waals surface area contributed by atoms with Crippen LogP contribution in [0.25, 0.3) is 21.8 Å². The van der Waals surface area contributed by atoms with Crippen LogP contribution in [0.3, 0.4) is 0 Å². The first-order valence-corrected chi connectivity index (χ1v) is 23.4. The Balaban J connectivity index is 1.07. The number of nitrogens with zero attached hydrogens (tertiary/aromatic N) is 4. The van der Waals surface area contributed by atoms with Gasteiger partial charge >= 0.3 is 0 Å². The number of methoxy groups -OCH3 is 2. The monoisotopic (exact) mass is 856 g/mol. The second kappa shape index (κ2) is 16.6. The summed E-state index contributed by atoms with van der Waals surface area (Å²) in [6.07, 6.45) is 9.30. The van der Waals surface area contributed by atoms with Gasteiger partial charge in [-0.05, 0) is 123 Å². The van der Waals surface area contributed by atoms with Crippen molar-refractivity contribution in [1.29, 1.82) is 0 Å². The third-order valence-corrected chi connectivity index (χ3v) is 15.7. The van der Waals surface area contributed by atoms with Crippen molar-refractivity contribution >= 4 is 33.4 Å². The van der Waals surface area contributed by atoms with Crippen LogP contribution in [-0.4, -0.2) is 83.8 Å². The zero-order valence-corrected chi connectivity index (χ0v) is 37.2. The standard InChI is InChI=1S/C54H56N4O6/c1-5-31-29-57-23-19-33(31)25-45(57)53(39-17-21-55-43-13-11-35(61-3)27-41(39)43)63-47-15-16-48(50-49(47)51(59)37-9-7-8-10-38(37)52(50)60)64-54(46-26-34-20-24-58(46)30-32(34)6-2)40-18-22-56-44-14-12-36(62-4)28-42(40)44/h7-18,21-22,27-28,31-34,45-46,53-54H,5-6,19-20,23-26,29-30H2,1-4H3/t31-,32+,33?,34?,45?,46?,53-,54-/m0/s1. The molecule has 6 unspecified atom stereocenters. The summed E-state index contributed by atoms with van der Waals surface area (Å²) in [4.78, 5) is 45.0. The lowest BCUT2D eigenvalue weighted by Gasteiger charge is -2.52. The van der Waals surface area contributed by atoms with Crippen molar-refractivity contribution in [2.45, 2.75) is 76.7 Å². The van der Waals surface area contributed by atoms with E-state index in [9.17, 15) is 0 Å². The van der Waals surface area contributed by atoms with Gasteiger partial charge in [0.1, 0.15) is 35.2 Å². The van der Waals surface area contributed by atoms with Gasteiger partial charge in [0.15, 0.2) is 11.6 Å². The molecular formula is C54H56N4O6. The third-order valence-electron chi connectivity index (χ3n) is 15.7. The summed E-state index contributed by atoms with van der Waals surface area (Å²) in [5.41, 5.74) is 4.87. The van der Waals surface area contributed by atoms with Gasteiger partial charge in [0.2, 0.25) is 0 Å². The Morgan fingerprint density at radius 3 is 1.45 bits per heavy atom. The Kier molecular flexibility index (Phi) is 10.6. The number of aromatic nitrogens is 2. The summed E-state index contributed by atoms with van der Waals surface area (Å²) in [6, 6.07) is 27.0. The molecule has 8 heterocycles. The van der Waals surface area contributed by atoms with E-state index in [1.165, 1.54) is 0 Å². The van der Waals surface area contributed by atoms with Crippen molar-refractivity contribution in [3.8, 4) is 23.0 Å². The molecule has 0 amide bonds. The maximum atomic E-state index is 15.1. The molecule has 6 fully saturated rings. The van der Waals surface area contributed by atoms with Gasteiger partial charge in [0, 0.05) is 58.5 Å². The molecule has 4 bridgehead atoms. The molecule has 10 atom stereocenters. The lowest BCUT2D eigenvalue weighted by Crippen LogP contribution is -2.56. The maximum absolute atomic E-state index is 15.1. The Bertz CT molecular complexity index is 2600. The molecule has 0 spiro atoms. The molecule has 4 aromatic carbocycles. The highest BCUT2D eigenvalue weighted by Gasteiger charge is 2.47. The number of fused-ring (bicyclic) bond motifs is 10. The van der Waals surface area contributed by atoms with Crippen molar-refractivity contribution in [1.82, 2.24) is 19.8 Å². The molecule has 328 valence electrons. The quantitative estimate of drug-likeness (QED) is 0.118. The third kappa shape index (κ3) is 6.83. The van der Waals surface area contributed by atoms with Crippen LogP contribution in [0.5, 0.6) is 23.0 Å². The SMILES string of the molecule is CC[C@@H]1CN2CCC1CC2[C@@H](Oc1ccc(O[C@@H](c2ccnc3ccc(OC)cc23)C2CC3CCN2C[C@@H]3CC)c2c1C(=O)c1ccccc1C2=O)c1ccnc2ccc(OC)cc12. The van der Waals surface area contributed by atoms with E-state index in [2.05, 4.69) is 23.6 Å². The summed E-state index contributed by atoms with van der Waals surface area (Å²) >= 11 is 0. The highest BCUT2D eigenvalue weighted by atomic mass is 16.5. The second-order valence-electron chi connectivity index (χ2n) is 18.7. The van der Waals surface area contributed by atoms with E-state index in [0.717, 1.165) is 109 Å². The van der Waals surface area contributed by atoms with E-state index >= 15 is 9.59 Å². The number of piperidine rings is 6. The first-order chi connectivity index (χ1) is 31.3. The van der Waals surface area contributed by atoms with Crippen LogP contribution in [0.1, 0.15) is 108 Å². The molecule has 1 aliphatic carbocycles. The van der Waals surface area contributed by atoms with Gasteiger partial charge in [-0.3, -0.25) is 29.4 Å². The first-order valence-electron chi connectivity index (χ1n) is 23.4. The van der Waals surface area contributed by atoms with Crippen molar-refractivity contribution in [2.75, 3.05) is 40.4 Å². The molecule has 2 aromatic heterocycles. The molecule has 0 N–H and O–H groups in total. The fraction of sp³-hybridized carbons (Fsp3) is 0.407. The van der Waals surface area contributed by atoms with Gasteiger partial charge in [0.25, 0.3) is 0 Å². The van der Waals surface area contributed by atoms with Gasteiger partial charge in [-0.1, -0.05) is 51.0 Å². The average molecular weight is 857 g/mol. The van der Waals surface area contributed by atoms with Crippen molar-refractivity contribution in [2.24, 2.45) is 23.7 Å². The first kappa shape index (κ1) is 40.9. The topological polar surface area (TPSA) is 103 Å². The van der Waals surface area contributed by atoms with Gasteiger partial charge in [-0.25, -0.2) is 0 Å². The number of hydrogen-bond donors (Lipinski definition) is 0. The van der Waals surface area contributed by atoms with Gasteiger partial charge in [0.05, 0.1) is 48.5 Å². The number of benzene rings is 4. The summed E-state index contributed by atoms with van der Waals surface area (Å²) in [5.74, 6) is 4.15. The van der Waals surface area contributed by atoms with Crippen molar-refractivity contribution in [3.63, 3.8) is 0 Å². The summed E-state index contributed by atoms with van der Waals surface area (Å²) in [6.45, 7) is 8.58. The van der Waals surface area contributed by atoms with E-state index < -0.39 is 12.2 Å². The molecular weight excluding hydrogens is 801 g/mol. The van der Waals surface area contributed by atoms with Crippen LogP contribution in [0, 0.1) is 23.7 Å². The Morgan fingerprint density at radius 1 is 0.609 bits per heavy atom. The van der Waals surface area contributed by atoms with Gasteiger partial charge < -0.3 is 18.9 Å². The molecule has 6 aliphatic heterocycles. The van der Waals surface area contributed by atoms with Crippen LogP contribution in [0.2, 0.25) is 0 Å². The number of ketones is 2. The normalized spacial score (nSPS) is 26.6. The predicted molar refractivity (Wildman–Crippen MR) is 247 cm³/mol. The minimum atomic E-state index is -0.475. The number of carbonyl (C=O) groups is 2. The molecule has 0 radical (unpaired) electrons. The summed E-state index contributed by atoms with van der Waals surface area (Å²) < 4.78 is 26.3. The molecule has 64 heavy (non-hydrogen) atoms. The fourth-order valence-corrected chi connectivity index (χ4v) is 12.3. The van der Waals surface area contributed by atoms with E-state index in [0.29, 0.717) is 46.3 Å². The predicted octanol–water partition coefficient (Wildman–Crippen LogP) is 10.1. The zero-order valence-electron chi connectivity index (χ0n) is 37.2. The molecule has 7 aliphatic rings. The van der Waals surface area contributed by atoms with E-state index in [4.69, 9.17) is 28.9 Å². The second-order valence-corrected chi connectivity index (χ2v) is 18.7. The van der Waals surface area contributed by atoms with Crippen molar-refractivity contribution < 1.29 is 28.5 Å². The maximum Gasteiger partial charge on any atom is 0.198 e. The summed E-state index contributed by atoms with van der Waals surface area (Å²) in [5, 5.41) is 1.88. The molecule has 6 aromatic rings. The van der Waals surface area contributed by atoms with E-state index in [-0.39, 0.29) is 34.8 Å². The number of rotatable bonds is 12.